The average Bonchev–Trinajstić information content (AvgIpc) is 2.87. The van der Waals surface area contributed by atoms with Crippen molar-refractivity contribution >= 4 is 26.9 Å². The third-order valence-electron chi connectivity index (χ3n) is 3.16. The van der Waals surface area contributed by atoms with Gasteiger partial charge in [0.2, 0.25) is 0 Å². The van der Waals surface area contributed by atoms with E-state index in [4.69, 9.17) is 4.42 Å². The summed E-state index contributed by atoms with van der Waals surface area (Å²) in [4.78, 5) is 0. The molecule has 1 unspecified atom stereocenters. The second kappa shape index (κ2) is 5.00. The molecule has 0 spiro atoms. The van der Waals surface area contributed by atoms with Gasteiger partial charge in [0.25, 0.3) is 0 Å². The van der Waals surface area contributed by atoms with E-state index in [2.05, 4.69) is 15.9 Å². The van der Waals surface area contributed by atoms with Crippen LogP contribution in [-0.2, 0) is 0 Å². The Bertz CT molecular complexity index is 783. The van der Waals surface area contributed by atoms with Gasteiger partial charge in [-0.25, -0.2) is 8.78 Å². The van der Waals surface area contributed by atoms with Gasteiger partial charge in [0.1, 0.15) is 23.3 Å². The number of aliphatic hydroxyl groups is 1. The van der Waals surface area contributed by atoms with E-state index in [0.717, 1.165) is 6.07 Å². The summed E-state index contributed by atoms with van der Waals surface area (Å²) < 4.78 is 33.2. The Hall–Kier alpha value is -1.72. The third-order valence-corrected chi connectivity index (χ3v) is 3.77. The molecule has 0 aliphatic heterocycles. The molecule has 0 fully saturated rings. The van der Waals surface area contributed by atoms with E-state index in [0.29, 0.717) is 16.5 Å². The minimum Gasteiger partial charge on any atom is -0.464 e. The van der Waals surface area contributed by atoms with E-state index in [1.807, 2.05) is 0 Å². The van der Waals surface area contributed by atoms with Crippen LogP contribution in [0.4, 0.5) is 8.78 Å². The summed E-state index contributed by atoms with van der Waals surface area (Å²) in [6.07, 6.45) is -0.120. The maximum atomic E-state index is 14.0. The fourth-order valence-electron chi connectivity index (χ4n) is 2.16. The summed E-state index contributed by atoms with van der Waals surface area (Å²) in [5.41, 5.74) is 0.486. The molecule has 2 aromatic carbocycles. The predicted molar refractivity (Wildman–Crippen MR) is 74.3 cm³/mol. The van der Waals surface area contributed by atoms with Crippen LogP contribution in [0.25, 0.3) is 11.0 Å². The lowest BCUT2D eigenvalue weighted by molar-refractivity contribution is 0.209. The van der Waals surface area contributed by atoms with Crippen molar-refractivity contribution in [3.05, 3.63) is 69.9 Å². The second-order valence-corrected chi connectivity index (χ2v) is 5.20. The molecule has 5 heteroatoms. The van der Waals surface area contributed by atoms with Crippen molar-refractivity contribution in [3.63, 3.8) is 0 Å². The normalized spacial score (nSPS) is 12.8. The smallest absolute Gasteiger partial charge is 0.146 e. The molecule has 0 saturated heterocycles. The highest BCUT2D eigenvalue weighted by atomic mass is 79.9. The van der Waals surface area contributed by atoms with Gasteiger partial charge in [-0.05, 0) is 34.1 Å². The number of halogens is 3. The lowest BCUT2D eigenvalue weighted by Crippen LogP contribution is -2.06. The highest BCUT2D eigenvalue weighted by Gasteiger charge is 2.24. The van der Waals surface area contributed by atoms with Gasteiger partial charge < -0.3 is 9.52 Å². The SMILES string of the molecule is OC(c1c(F)ccc(Br)c1F)c1coc2ccccc12. The lowest BCUT2D eigenvalue weighted by Gasteiger charge is -2.12. The van der Waals surface area contributed by atoms with Crippen molar-refractivity contribution < 1.29 is 18.3 Å². The Kier molecular flexibility index (Phi) is 3.31. The van der Waals surface area contributed by atoms with Crippen LogP contribution in [0.2, 0.25) is 0 Å². The zero-order chi connectivity index (χ0) is 14.3. The van der Waals surface area contributed by atoms with Crippen LogP contribution in [0.3, 0.4) is 0 Å². The molecule has 1 aromatic heterocycles. The second-order valence-electron chi connectivity index (χ2n) is 4.35. The largest absolute Gasteiger partial charge is 0.464 e. The third kappa shape index (κ3) is 2.03. The molecule has 0 radical (unpaired) electrons. The van der Waals surface area contributed by atoms with Crippen molar-refractivity contribution in [1.29, 1.82) is 0 Å². The molecule has 102 valence electrons. The van der Waals surface area contributed by atoms with Gasteiger partial charge in [0, 0.05) is 10.9 Å². The van der Waals surface area contributed by atoms with Crippen LogP contribution in [0.15, 0.2) is 51.6 Å². The number of hydrogen-bond acceptors (Lipinski definition) is 2. The van der Waals surface area contributed by atoms with Crippen LogP contribution < -0.4 is 0 Å². The molecule has 0 bridgehead atoms. The van der Waals surface area contributed by atoms with Gasteiger partial charge in [-0.1, -0.05) is 18.2 Å². The first-order valence-electron chi connectivity index (χ1n) is 5.87. The number of hydrogen-bond donors (Lipinski definition) is 1. The zero-order valence-corrected chi connectivity index (χ0v) is 11.7. The lowest BCUT2D eigenvalue weighted by atomic mass is 10.00. The molecule has 1 N–H and O–H groups in total. The van der Waals surface area contributed by atoms with Gasteiger partial charge in [0.15, 0.2) is 0 Å². The monoisotopic (exact) mass is 338 g/mol. The van der Waals surface area contributed by atoms with Crippen LogP contribution in [0.5, 0.6) is 0 Å². The van der Waals surface area contributed by atoms with Crippen molar-refractivity contribution in [1.82, 2.24) is 0 Å². The first kappa shape index (κ1) is 13.3. The van der Waals surface area contributed by atoms with E-state index in [9.17, 15) is 13.9 Å². The fourth-order valence-corrected chi connectivity index (χ4v) is 2.50. The van der Waals surface area contributed by atoms with Gasteiger partial charge in [-0.15, -0.1) is 0 Å². The highest BCUT2D eigenvalue weighted by molar-refractivity contribution is 9.10. The summed E-state index contributed by atoms with van der Waals surface area (Å²) >= 11 is 2.99. The van der Waals surface area contributed by atoms with Crippen LogP contribution >= 0.6 is 15.9 Å². The van der Waals surface area contributed by atoms with Crippen molar-refractivity contribution in [2.45, 2.75) is 6.10 Å². The molecule has 3 rings (SSSR count). The maximum Gasteiger partial charge on any atom is 0.146 e. The Morgan fingerprint density at radius 3 is 2.65 bits per heavy atom. The van der Waals surface area contributed by atoms with E-state index >= 15 is 0 Å². The Morgan fingerprint density at radius 1 is 1.10 bits per heavy atom. The first-order valence-corrected chi connectivity index (χ1v) is 6.66. The topological polar surface area (TPSA) is 33.4 Å². The molecule has 1 atom stereocenters. The van der Waals surface area contributed by atoms with Crippen molar-refractivity contribution in [2.24, 2.45) is 0 Å². The molecule has 3 aromatic rings. The van der Waals surface area contributed by atoms with Gasteiger partial charge in [0.05, 0.1) is 16.3 Å². The Balaban J connectivity index is 2.18. The molecule has 1 heterocycles. The standard InChI is InChI=1S/C15H9BrF2O2/c16-10-5-6-11(17)13(14(10)18)15(19)9-7-20-12-4-2-1-3-8(9)12/h1-7,15,19H. The molecule has 0 amide bonds. The highest BCUT2D eigenvalue weighted by Crippen LogP contribution is 2.34. The van der Waals surface area contributed by atoms with Crippen molar-refractivity contribution in [2.75, 3.05) is 0 Å². The summed E-state index contributed by atoms with van der Waals surface area (Å²) in [6.45, 7) is 0. The predicted octanol–water partition coefficient (Wildman–Crippen LogP) is 4.56. The van der Waals surface area contributed by atoms with Gasteiger partial charge >= 0.3 is 0 Å². The average molecular weight is 339 g/mol. The summed E-state index contributed by atoms with van der Waals surface area (Å²) in [7, 11) is 0. The number of furan rings is 1. The zero-order valence-electron chi connectivity index (χ0n) is 10.1. The minimum absolute atomic E-state index is 0.0979. The summed E-state index contributed by atoms with van der Waals surface area (Å²) in [5.74, 6) is -1.62. The number of fused-ring (bicyclic) bond motifs is 1. The molecule has 0 saturated carbocycles. The van der Waals surface area contributed by atoms with Gasteiger partial charge in [-0.2, -0.15) is 0 Å². The summed E-state index contributed by atoms with van der Waals surface area (Å²) in [5, 5.41) is 10.9. The molecule has 20 heavy (non-hydrogen) atoms. The quantitative estimate of drug-likeness (QED) is 0.695. The van der Waals surface area contributed by atoms with E-state index in [1.54, 1.807) is 24.3 Å². The molecular formula is C15H9BrF2O2. The Labute approximate surface area is 121 Å². The number of benzene rings is 2. The van der Waals surface area contributed by atoms with E-state index < -0.39 is 23.3 Å². The summed E-state index contributed by atoms with van der Waals surface area (Å²) in [6, 6.07) is 9.36. The van der Waals surface area contributed by atoms with Crippen LogP contribution in [0.1, 0.15) is 17.2 Å². The molecule has 0 aliphatic carbocycles. The molecule has 0 aliphatic rings. The minimum atomic E-state index is -1.43. The number of rotatable bonds is 2. The van der Waals surface area contributed by atoms with E-state index in [-0.39, 0.29) is 4.47 Å². The fraction of sp³-hybridized carbons (Fsp3) is 0.0667. The number of para-hydroxylation sites is 1. The van der Waals surface area contributed by atoms with Crippen molar-refractivity contribution in [3.8, 4) is 0 Å². The number of aliphatic hydroxyl groups excluding tert-OH is 1. The van der Waals surface area contributed by atoms with E-state index in [1.165, 1.54) is 12.3 Å². The maximum absolute atomic E-state index is 14.0. The Morgan fingerprint density at radius 2 is 1.85 bits per heavy atom. The van der Waals surface area contributed by atoms with Crippen LogP contribution in [-0.4, -0.2) is 5.11 Å². The first-order chi connectivity index (χ1) is 9.59. The van der Waals surface area contributed by atoms with Crippen LogP contribution in [0, 0.1) is 11.6 Å². The molecular weight excluding hydrogens is 330 g/mol. The van der Waals surface area contributed by atoms with Gasteiger partial charge in [-0.3, -0.25) is 0 Å². The molecule has 2 nitrogen and oxygen atoms in total.